The fraction of sp³-hybridized carbons (Fsp3) is 0.480. The van der Waals surface area contributed by atoms with Gasteiger partial charge in [0.2, 0.25) is 0 Å². The molecule has 3 rings (SSSR count). The first-order valence-electron chi connectivity index (χ1n) is 11.2. The first-order valence-corrected chi connectivity index (χ1v) is 12.4. The van der Waals surface area contributed by atoms with E-state index in [-0.39, 0.29) is 22.4 Å². The molecule has 0 bridgehead atoms. The summed E-state index contributed by atoms with van der Waals surface area (Å²) in [6.45, 7) is 10.9. The number of esters is 1. The third-order valence-corrected chi connectivity index (χ3v) is 7.90. The summed E-state index contributed by atoms with van der Waals surface area (Å²) in [6.07, 6.45) is 3.95. The Labute approximate surface area is 199 Å². The lowest BCUT2D eigenvalue weighted by Crippen LogP contribution is -2.34. The number of hydrogen-bond acceptors (Lipinski definition) is 5. The average molecular weight is 473 g/mol. The summed E-state index contributed by atoms with van der Waals surface area (Å²) in [5.74, 6) is -0.0608. The first-order chi connectivity index (χ1) is 15.2. The van der Waals surface area contributed by atoms with Crippen molar-refractivity contribution in [2.75, 3.05) is 11.9 Å². The van der Waals surface area contributed by atoms with E-state index in [0.29, 0.717) is 28.7 Å². The number of nitrogens with one attached hydrogen (secondary N) is 2. The highest BCUT2D eigenvalue weighted by molar-refractivity contribution is 7.80. The lowest BCUT2D eigenvalue weighted by atomic mass is 9.69. The second kappa shape index (κ2) is 10.1. The number of benzene rings is 1. The molecule has 0 aliphatic heterocycles. The molecule has 0 radical (unpaired) electrons. The van der Waals surface area contributed by atoms with Gasteiger partial charge in [0.05, 0.1) is 12.2 Å². The van der Waals surface area contributed by atoms with Gasteiger partial charge in [-0.25, -0.2) is 4.79 Å². The van der Waals surface area contributed by atoms with Crippen molar-refractivity contribution in [3.8, 4) is 0 Å². The summed E-state index contributed by atoms with van der Waals surface area (Å²) >= 11 is 6.95. The number of carbonyl (C=O) groups is 2. The Kier molecular flexibility index (Phi) is 7.72. The third-order valence-electron chi connectivity index (χ3n) is 6.53. The third kappa shape index (κ3) is 5.38. The number of rotatable bonds is 6. The van der Waals surface area contributed by atoms with Crippen molar-refractivity contribution in [2.24, 2.45) is 11.3 Å². The van der Waals surface area contributed by atoms with Gasteiger partial charge in [0.25, 0.3) is 5.91 Å². The van der Waals surface area contributed by atoms with Gasteiger partial charge in [0, 0.05) is 10.4 Å². The Morgan fingerprint density at radius 1 is 1.22 bits per heavy atom. The number of anilines is 1. The van der Waals surface area contributed by atoms with Crippen molar-refractivity contribution >= 4 is 45.5 Å². The van der Waals surface area contributed by atoms with E-state index in [1.54, 1.807) is 30.4 Å². The van der Waals surface area contributed by atoms with Gasteiger partial charge in [0.15, 0.2) is 5.11 Å². The summed E-state index contributed by atoms with van der Waals surface area (Å²) in [5, 5.41) is 6.65. The monoisotopic (exact) mass is 472 g/mol. The van der Waals surface area contributed by atoms with Crippen LogP contribution in [0, 0.1) is 18.3 Å². The molecule has 0 saturated heterocycles. The second-order valence-electron chi connectivity index (χ2n) is 8.98. The van der Waals surface area contributed by atoms with E-state index < -0.39 is 0 Å². The number of ether oxygens (including phenoxy) is 1. The van der Waals surface area contributed by atoms with Crippen molar-refractivity contribution in [2.45, 2.75) is 60.3 Å². The molecule has 32 heavy (non-hydrogen) atoms. The van der Waals surface area contributed by atoms with Crippen LogP contribution in [0.25, 0.3) is 0 Å². The number of amides is 1. The molecule has 0 saturated carbocycles. The summed E-state index contributed by atoms with van der Waals surface area (Å²) in [5.41, 5.74) is 3.48. The van der Waals surface area contributed by atoms with Crippen molar-refractivity contribution in [1.82, 2.24) is 5.32 Å². The van der Waals surface area contributed by atoms with Crippen LogP contribution in [0.1, 0.15) is 77.3 Å². The summed E-state index contributed by atoms with van der Waals surface area (Å²) in [4.78, 5) is 26.5. The molecule has 2 N–H and O–H groups in total. The summed E-state index contributed by atoms with van der Waals surface area (Å²) in [6, 6.07) is 7.28. The molecule has 1 amide bonds. The molecule has 1 heterocycles. The number of thiophene rings is 1. The fourth-order valence-electron chi connectivity index (χ4n) is 4.06. The van der Waals surface area contributed by atoms with Crippen LogP contribution < -0.4 is 10.6 Å². The van der Waals surface area contributed by atoms with E-state index in [0.717, 1.165) is 36.8 Å². The topological polar surface area (TPSA) is 67.4 Å². The Hall–Kier alpha value is -2.25. The van der Waals surface area contributed by atoms with Crippen molar-refractivity contribution in [3.63, 3.8) is 0 Å². The van der Waals surface area contributed by atoms with Crippen molar-refractivity contribution < 1.29 is 14.3 Å². The predicted molar refractivity (Wildman–Crippen MR) is 135 cm³/mol. The molecule has 0 fully saturated rings. The van der Waals surface area contributed by atoms with Gasteiger partial charge in [-0.2, -0.15) is 0 Å². The minimum atomic E-state index is -0.339. The highest BCUT2D eigenvalue weighted by Crippen LogP contribution is 2.45. The normalized spacial score (nSPS) is 15.6. The molecule has 0 spiro atoms. The Morgan fingerprint density at radius 2 is 1.91 bits per heavy atom. The van der Waals surface area contributed by atoms with Gasteiger partial charge in [-0.05, 0) is 74.4 Å². The van der Waals surface area contributed by atoms with Crippen LogP contribution in [0.4, 0.5) is 5.00 Å². The molecule has 1 aromatic heterocycles. The molecule has 1 atom stereocenters. The smallest absolute Gasteiger partial charge is 0.341 e. The van der Waals surface area contributed by atoms with Crippen LogP contribution in [0.2, 0.25) is 0 Å². The zero-order valence-corrected chi connectivity index (χ0v) is 21.1. The van der Waals surface area contributed by atoms with Gasteiger partial charge in [-0.15, -0.1) is 11.3 Å². The second-order valence-corrected chi connectivity index (χ2v) is 10.5. The number of aryl methyl sites for hydroxylation is 1. The van der Waals surface area contributed by atoms with Crippen LogP contribution in [0.3, 0.4) is 0 Å². The Morgan fingerprint density at radius 3 is 2.53 bits per heavy atom. The van der Waals surface area contributed by atoms with E-state index in [1.165, 1.54) is 4.88 Å². The molecule has 1 unspecified atom stereocenters. The lowest BCUT2D eigenvalue weighted by Gasteiger charge is -2.36. The maximum Gasteiger partial charge on any atom is 0.341 e. The fourth-order valence-corrected chi connectivity index (χ4v) is 5.64. The van der Waals surface area contributed by atoms with Crippen molar-refractivity contribution in [1.29, 1.82) is 0 Å². The van der Waals surface area contributed by atoms with Crippen LogP contribution >= 0.6 is 23.6 Å². The molecule has 1 aliphatic rings. The minimum Gasteiger partial charge on any atom is -0.462 e. The van der Waals surface area contributed by atoms with E-state index in [9.17, 15) is 9.59 Å². The minimum absolute atomic E-state index is 0.171. The SMILES string of the molecule is CCOC(=O)c1c(NC(=S)NC(=O)c2ccc(C)cc2)sc2c1CCC(C(C)(C)CC)C2. The average Bonchev–Trinajstić information content (AvgIpc) is 3.11. The van der Waals surface area contributed by atoms with Crippen LogP contribution in [0.15, 0.2) is 24.3 Å². The summed E-state index contributed by atoms with van der Waals surface area (Å²) < 4.78 is 5.35. The largest absolute Gasteiger partial charge is 0.462 e. The molecule has 1 aromatic carbocycles. The standard InChI is InChI=1S/C25H32N2O3S2/c1-6-25(4,5)17-12-13-18-19(14-17)32-22(20(18)23(29)30-7-2)27-24(31)26-21(28)16-10-8-15(3)9-11-16/h8-11,17H,6-7,12-14H2,1-5H3,(H2,26,27,28,31). The van der Waals surface area contributed by atoms with Gasteiger partial charge >= 0.3 is 5.97 Å². The number of hydrogen-bond donors (Lipinski definition) is 2. The van der Waals surface area contributed by atoms with Gasteiger partial charge < -0.3 is 10.1 Å². The maximum atomic E-state index is 12.8. The zero-order chi connectivity index (χ0) is 23.5. The van der Waals surface area contributed by atoms with Crippen LogP contribution in [-0.2, 0) is 17.6 Å². The molecule has 172 valence electrons. The quantitative estimate of drug-likeness (QED) is 0.405. The first kappa shape index (κ1) is 24.4. The number of carbonyl (C=O) groups excluding carboxylic acids is 2. The van der Waals surface area contributed by atoms with E-state index in [1.807, 2.05) is 19.1 Å². The zero-order valence-electron chi connectivity index (χ0n) is 19.5. The maximum absolute atomic E-state index is 12.8. The lowest BCUT2D eigenvalue weighted by molar-refractivity contribution is 0.0526. The number of thiocarbonyl (C=S) groups is 1. The predicted octanol–water partition coefficient (Wildman–Crippen LogP) is 5.90. The highest BCUT2D eigenvalue weighted by Gasteiger charge is 2.35. The van der Waals surface area contributed by atoms with Gasteiger partial charge in [-0.3, -0.25) is 10.1 Å². The Bertz CT molecular complexity index is 1010. The van der Waals surface area contributed by atoms with Gasteiger partial charge in [0.1, 0.15) is 5.00 Å². The van der Waals surface area contributed by atoms with Crippen LogP contribution in [0.5, 0.6) is 0 Å². The number of fused-ring (bicyclic) bond motifs is 1. The van der Waals surface area contributed by atoms with E-state index in [2.05, 4.69) is 31.4 Å². The van der Waals surface area contributed by atoms with E-state index >= 15 is 0 Å². The van der Waals surface area contributed by atoms with E-state index in [4.69, 9.17) is 17.0 Å². The highest BCUT2D eigenvalue weighted by atomic mass is 32.1. The molecular weight excluding hydrogens is 440 g/mol. The molecule has 2 aromatic rings. The van der Waals surface area contributed by atoms with Gasteiger partial charge in [-0.1, -0.05) is 44.9 Å². The summed E-state index contributed by atoms with van der Waals surface area (Å²) in [7, 11) is 0. The Balaban J connectivity index is 1.82. The molecule has 1 aliphatic carbocycles. The molecule has 7 heteroatoms. The van der Waals surface area contributed by atoms with Crippen molar-refractivity contribution in [3.05, 3.63) is 51.4 Å². The molecule has 5 nitrogen and oxygen atoms in total. The molecular formula is C25H32N2O3S2. The van der Waals surface area contributed by atoms with Crippen LogP contribution in [-0.4, -0.2) is 23.6 Å².